The Morgan fingerprint density at radius 1 is 1.15 bits per heavy atom. The number of benzene rings is 2. The van der Waals surface area contributed by atoms with E-state index in [2.05, 4.69) is 43.6 Å². The van der Waals surface area contributed by atoms with Crippen molar-refractivity contribution in [2.24, 2.45) is 7.05 Å². The van der Waals surface area contributed by atoms with Crippen molar-refractivity contribution in [3.05, 3.63) is 76.0 Å². The summed E-state index contributed by atoms with van der Waals surface area (Å²) < 4.78 is 3.00. The summed E-state index contributed by atoms with van der Waals surface area (Å²) in [6.45, 7) is 1.91. The monoisotopic (exact) mass is 430 g/mol. The Morgan fingerprint density at radius 3 is 2.54 bits per heavy atom. The van der Waals surface area contributed by atoms with Crippen LogP contribution in [-0.2, 0) is 12.8 Å². The Kier molecular flexibility index (Phi) is 6.11. The van der Waals surface area contributed by atoms with E-state index in [1.807, 2.05) is 48.9 Å². The zero-order valence-electron chi connectivity index (χ0n) is 14.5. The summed E-state index contributed by atoms with van der Waals surface area (Å²) in [6, 6.07) is 17.1. The third-order valence-corrected chi connectivity index (χ3v) is 5.54. The fourth-order valence-corrected chi connectivity index (χ4v) is 3.63. The summed E-state index contributed by atoms with van der Waals surface area (Å²) in [5.41, 5.74) is 1.85. The molecule has 26 heavy (non-hydrogen) atoms. The van der Waals surface area contributed by atoms with Crippen molar-refractivity contribution in [3.8, 4) is 0 Å². The van der Waals surface area contributed by atoms with E-state index in [4.69, 9.17) is 0 Å². The van der Waals surface area contributed by atoms with Gasteiger partial charge in [0.25, 0.3) is 5.91 Å². The molecular formula is C19H19BrN4OS. The van der Waals surface area contributed by atoms with Gasteiger partial charge in [-0.2, -0.15) is 0 Å². The molecule has 0 aliphatic carbocycles. The van der Waals surface area contributed by atoms with Gasteiger partial charge in [-0.25, -0.2) is 0 Å². The molecule has 1 aromatic heterocycles. The number of halogens is 1. The lowest BCUT2D eigenvalue weighted by molar-refractivity contribution is 0.0937. The van der Waals surface area contributed by atoms with Gasteiger partial charge in [0.1, 0.15) is 0 Å². The molecule has 1 amide bonds. The predicted molar refractivity (Wildman–Crippen MR) is 107 cm³/mol. The minimum Gasteiger partial charge on any atom is -0.342 e. The van der Waals surface area contributed by atoms with Gasteiger partial charge in [-0.05, 0) is 36.8 Å². The largest absolute Gasteiger partial charge is 0.342 e. The number of nitrogens with zero attached hydrogens (tertiary/aromatic N) is 3. The maximum atomic E-state index is 12.3. The molecule has 0 radical (unpaired) electrons. The second-order valence-corrected chi connectivity index (χ2v) is 7.73. The van der Waals surface area contributed by atoms with Crippen molar-refractivity contribution in [2.75, 3.05) is 0 Å². The molecule has 7 heteroatoms. The van der Waals surface area contributed by atoms with Crippen LogP contribution in [0.25, 0.3) is 0 Å². The van der Waals surface area contributed by atoms with Gasteiger partial charge in [0.05, 0.1) is 6.04 Å². The third kappa shape index (κ3) is 4.53. The number of thioether (sulfide) groups is 1. The van der Waals surface area contributed by atoms with Gasteiger partial charge < -0.3 is 9.88 Å². The van der Waals surface area contributed by atoms with Crippen molar-refractivity contribution in [1.82, 2.24) is 20.1 Å². The standard InChI is InChI=1S/C19H19BrN4OS/c1-13(21-18(25)15-6-4-3-5-7-15)17-22-23-19(24(17)2)26-12-14-8-10-16(20)11-9-14/h3-11,13H,12H2,1-2H3,(H,21,25)/t13-/m0/s1. The first-order valence-electron chi connectivity index (χ1n) is 8.17. The minimum atomic E-state index is -0.234. The Balaban J connectivity index is 1.64. The van der Waals surface area contributed by atoms with Crippen LogP contribution in [0.15, 0.2) is 64.2 Å². The van der Waals surface area contributed by atoms with E-state index >= 15 is 0 Å². The topological polar surface area (TPSA) is 59.8 Å². The lowest BCUT2D eigenvalue weighted by Crippen LogP contribution is -2.28. The lowest BCUT2D eigenvalue weighted by Gasteiger charge is -2.13. The molecule has 0 saturated carbocycles. The molecule has 0 aliphatic rings. The van der Waals surface area contributed by atoms with E-state index in [1.54, 1.807) is 23.9 Å². The van der Waals surface area contributed by atoms with Crippen LogP contribution in [-0.4, -0.2) is 20.7 Å². The van der Waals surface area contributed by atoms with E-state index in [0.717, 1.165) is 21.2 Å². The van der Waals surface area contributed by atoms with Gasteiger partial charge in [-0.15, -0.1) is 10.2 Å². The molecule has 1 atom stereocenters. The van der Waals surface area contributed by atoms with Gasteiger partial charge in [0.2, 0.25) is 0 Å². The van der Waals surface area contributed by atoms with Gasteiger partial charge in [0, 0.05) is 22.8 Å². The smallest absolute Gasteiger partial charge is 0.251 e. The average molecular weight is 431 g/mol. The van der Waals surface area contributed by atoms with E-state index in [9.17, 15) is 4.79 Å². The fraction of sp³-hybridized carbons (Fsp3) is 0.211. The SMILES string of the molecule is C[C@H](NC(=O)c1ccccc1)c1nnc(SCc2ccc(Br)cc2)n1C. The normalized spacial score (nSPS) is 12.0. The van der Waals surface area contributed by atoms with Crippen LogP contribution in [0, 0.1) is 0 Å². The number of amides is 1. The Bertz CT molecular complexity index is 880. The van der Waals surface area contributed by atoms with Crippen LogP contribution in [0.2, 0.25) is 0 Å². The highest BCUT2D eigenvalue weighted by atomic mass is 79.9. The van der Waals surface area contributed by atoms with Gasteiger partial charge in [-0.1, -0.05) is 58.0 Å². The summed E-state index contributed by atoms with van der Waals surface area (Å²) in [5, 5.41) is 12.3. The molecule has 0 unspecified atom stereocenters. The molecule has 0 spiro atoms. The number of hydrogen-bond acceptors (Lipinski definition) is 4. The van der Waals surface area contributed by atoms with Crippen LogP contribution in [0.4, 0.5) is 0 Å². The molecule has 0 fully saturated rings. The maximum absolute atomic E-state index is 12.3. The number of nitrogens with one attached hydrogen (secondary N) is 1. The summed E-state index contributed by atoms with van der Waals surface area (Å²) in [7, 11) is 1.92. The highest BCUT2D eigenvalue weighted by molar-refractivity contribution is 9.10. The number of carbonyl (C=O) groups is 1. The molecule has 0 bridgehead atoms. The summed E-state index contributed by atoms with van der Waals surface area (Å²) in [4.78, 5) is 12.3. The Morgan fingerprint density at radius 2 is 1.85 bits per heavy atom. The van der Waals surface area contributed by atoms with Crippen molar-refractivity contribution >= 4 is 33.6 Å². The Hall–Kier alpha value is -2.12. The lowest BCUT2D eigenvalue weighted by atomic mass is 10.2. The molecule has 2 aromatic carbocycles. The first-order chi connectivity index (χ1) is 12.5. The zero-order valence-corrected chi connectivity index (χ0v) is 16.9. The number of rotatable bonds is 6. The van der Waals surface area contributed by atoms with Crippen LogP contribution >= 0.6 is 27.7 Å². The maximum Gasteiger partial charge on any atom is 0.251 e. The van der Waals surface area contributed by atoms with E-state index in [0.29, 0.717) is 5.56 Å². The third-order valence-electron chi connectivity index (χ3n) is 3.92. The number of aromatic nitrogens is 3. The van der Waals surface area contributed by atoms with Crippen molar-refractivity contribution in [1.29, 1.82) is 0 Å². The second kappa shape index (κ2) is 8.51. The highest BCUT2D eigenvalue weighted by Crippen LogP contribution is 2.24. The van der Waals surface area contributed by atoms with Gasteiger partial charge in [0.15, 0.2) is 11.0 Å². The summed E-state index contributed by atoms with van der Waals surface area (Å²) >= 11 is 5.06. The molecule has 134 valence electrons. The molecule has 0 aliphatic heterocycles. The van der Waals surface area contributed by atoms with E-state index in [-0.39, 0.29) is 11.9 Å². The van der Waals surface area contributed by atoms with Crippen LogP contribution in [0.1, 0.15) is 34.7 Å². The molecule has 0 saturated heterocycles. The van der Waals surface area contributed by atoms with Crippen LogP contribution < -0.4 is 5.32 Å². The first-order valence-corrected chi connectivity index (χ1v) is 9.95. The highest BCUT2D eigenvalue weighted by Gasteiger charge is 2.18. The molecule has 5 nitrogen and oxygen atoms in total. The first kappa shape index (κ1) is 18.7. The predicted octanol–water partition coefficient (Wildman–Crippen LogP) is 4.36. The van der Waals surface area contributed by atoms with Crippen LogP contribution in [0.5, 0.6) is 0 Å². The second-order valence-electron chi connectivity index (χ2n) is 5.88. The van der Waals surface area contributed by atoms with E-state index < -0.39 is 0 Å². The van der Waals surface area contributed by atoms with Crippen LogP contribution in [0.3, 0.4) is 0 Å². The van der Waals surface area contributed by atoms with Gasteiger partial charge >= 0.3 is 0 Å². The Labute approximate surface area is 165 Å². The molecule has 1 N–H and O–H groups in total. The van der Waals surface area contributed by atoms with E-state index in [1.165, 1.54) is 5.56 Å². The summed E-state index contributed by atoms with van der Waals surface area (Å²) in [6.07, 6.45) is 0. The molecule has 1 heterocycles. The molecular weight excluding hydrogens is 412 g/mol. The minimum absolute atomic E-state index is 0.120. The van der Waals surface area contributed by atoms with Gasteiger partial charge in [-0.3, -0.25) is 4.79 Å². The average Bonchev–Trinajstić information content (AvgIpc) is 3.02. The van der Waals surface area contributed by atoms with Crippen molar-refractivity contribution < 1.29 is 4.79 Å². The molecule has 3 rings (SSSR count). The van der Waals surface area contributed by atoms with Crippen molar-refractivity contribution in [3.63, 3.8) is 0 Å². The number of hydrogen-bond donors (Lipinski definition) is 1. The quantitative estimate of drug-likeness (QED) is 0.590. The molecule has 3 aromatic rings. The van der Waals surface area contributed by atoms with Crippen molar-refractivity contribution in [2.45, 2.75) is 23.9 Å². The fourth-order valence-electron chi connectivity index (χ4n) is 2.49. The zero-order chi connectivity index (χ0) is 18.5. The number of carbonyl (C=O) groups excluding carboxylic acids is 1. The summed E-state index contributed by atoms with van der Waals surface area (Å²) in [5.74, 6) is 1.42.